The molecule has 1 aromatic carbocycles. The minimum absolute atomic E-state index is 0.131. The topological polar surface area (TPSA) is 94.2 Å². The molecule has 0 spiro atoms. The molecule has 148 valence electrons. The van der Waals surface area contributed by atoms with Crippen molar-refractivity contribution >= 4 is 21.6 Å². The summed E-state index contributed by atoms with van der Waals surface area (Å²) in [4.78, 5) is 12.2. The van der Waals surface area contributed by atoms with Gasteiger partial charge in [0.25, 0.3) is 0 Å². The molecule has 1 aromatic rings. The van der Waals surface area contributed by atoms with Gasteiger partial charge in [-0.05, 0) is 32.4 Å². The highest BCUT2D eigenvalue weighted by atomic mass is 32.2. The number of methoxy groups -OCH3 is 2. The number of anilines is 1. The summed E-state index contributed by atoms with van der Waals surface area (Å²) in [5.41, 5.74) is 0.243. The van der Waals surface area contributed by atoms with Gasteiger partial charge >= 0.3 is 0 Å². The number of benzene rings is 1. The van der Waals surface area contributed by atoms with E-state index in [2.05, 4.69) is 5.32 Å². The molecule has 0 fully saturated rings. The van der Waals surface area contributed by atoms with Crippen LogP contribution in [0.4, 0.5) is 5.69 Å². The van der Waals surface area contributed by atoms with Gasteiger partial charge in [0.05, 0.1) is 32.3 Å². The summed E-state index contributed by atoms with van der Waals surface area (Å²) in [6, 6.07) is 4.76. The molecule has 9 heteroatoms. The standard InChI is InChI=1S/C17H28N2O6S/c1-13(2)25-10-6-9-18-17(20)12-19(26(5,21)22)15-11-14(23-3)7-8-16(15)24-4/h7-8,11,13H,6,9-10,12H2,1-5H3,(H,18,20). The van der Waals surface area contributed by atoms with Crippen molar-refractivity contribution < 1.29 is 27.4 Å². The van der Waals surface area contributed by atoms with Crippen molar-refractivity contribution in [1.82, 2.24) is 5.32 Å². The lowest BCUT2D eigenvalue weighted by Gasteiger charge is -2.24. The molecule has 0 aliphatic carbocycles. The van der Waals surface area contributed by atoms with E-state index in [-0.39, 0.29) is 18.3 Å². The summed E-state index contributed by atoms with van der Waals surface area (Å²) in [6.07, 6.45) is 1.81. The van der Waals surface area contributed by atoms with Crippen LogP contribution in [0, 0.1) is 0 Å². The zero-order valence-electron chi connectivity index (χ0n) is 15.9. The summed E-state index contributed by atoms with van der Waals surface area (Å²) < 4.78 is 41.2. The highest BCUT2D eigenvalue weighted by Crippen LogP contribution is 2.33. The van der Waals surface area contributed by atoms with Crippen LogP contribution in [0.15, 0.2) is 18.2 Å². The Balaban J connectivity index is 2.85. The zero-order chi connectivity index (χ0) is 19.7. The van der Waals surface area contributed by atoms with Gasteiger partial charge in [0.1, 0.15) is 18.0 Å². The number of hydrogen-bond donors (Lipinski definition) is 1. The van der Waals surface area contributed by atoms with E-state index in [1.165, 1.54) is 20.3 Å². The Morgan fingerprint density at radius 1 is 1.23 bits per heavy atom. The molecule has 26 heavy (non-hydrogen) atoms. The van der Waals surface area contributed by atoms with E-state index in [0.717, 1.165) is 10.6 Å². The maximum Gasteiger partial charge on any atom is 0.240 e. The van der Waals surface area contributed by atoms with E-state index >= 15 is 0 Å². The van der Waals surface area contributed by atoms with Crippen molar-refractivity contribution in [3.63, 3.8) is 0 Å². The molecule has 0 heterocycles. The molecular formula is C17H28N2O6S. The fourth-order valence-corrected chi connectivity index (χ4v) is 3.03. The first-order valence-electron chi connectivity index (χ1n) is 8.27. The van der Waals surface area contributed by atoms with Gasteiger partial charge in [-0.3, -0.25) is 9.10 Å². The van der Waals surface area contributed by atoms with Gasteiger partial charge in [-0.25, -0.2) is 8.42 Å². The van der Waals surface area contributed by atoms with Gasteiger partial charge in [0.15, 0.2) is 0 Å². The van der Waals surface area contributed by atoms with Crippen LogP contribution in [0.3, 0.4) is 0 Å². The molecule has 0 atom stereocenters. The number of nitrogens with zero attached hydrogens (tertiary/aromatic N) is 1. The Hall–Kier alpha value is -2.00. The van der Waals surface area contributed by atoms with Gasteiger partial charge < -0.3 is 19.5 Å². The van der Waals surface area contributed by atoms with Crippen molar-refractivity contribution in [2.75, 3.05) is 44.5 Å². The summed E-state index contributed by atoms with van der Waals surface area (Å²) in [7, 11) is -0.799. The maximum absolute atomic E-state index is 12.2. The van der Waals surface area contributed by atoms with Gasteiger partial charge in [-0.15, -0.1) is 0 Å². The van der Waals surface area contributed by atoms with Crippen LogP contribution in [0.1, 0.15) is 20.3 Å². The predicted octanol–water partition coefficient (Wildman–Crippen LogP) is 1.40. The number of ether oxygens (including phenoxy) is 3. The van der Waals surface area contributed by atoms with Crippen LogP contribution in [-0.4, -0.2) is 60.6 Å². The molecule has 1 N–H and O–H groups in total. The van der Waals surface area contributed by atoms with E-state index in [1.54, 1.807) is 12.1 Å². The maximum atomic E-state index is 12.2. The predicted molar refractivity (Wildman–Crippen MR) is 100 cm³/mol. The van der Waals surface area contributed by atoms with Gasteiger partial charge in [-0.2, -0.15) is 0 Å². The Morgan fingerprint density at radius 3 is 2.46 bits per heavy atom. The first-order chi connectivity index (χ1) is 12.2. The largest absolute Gasteiger partial charge is 0.497 e. The fourth-order valence-electron chi connectivity index (χ4n) is 2.18. The third-order valence-electron chi connectivity index (χ3n) is 3.44. The summed E-state index contributed by atoms with van der Waals surface area (Å²) >= 11 is 0. The molecular weight excluding hydrogens is 360 g/mol. The minimum atomic E-state index is -3.70. The molecule has 0 saturated heterocycles. The average molecular weight is 388 g/mol. The molecule has 0 saturated carbocycles. The van der Waals surface area contributed by atoms with E-state index in [1.807, 2.05) is 13.8 Å². The smallest absolute Gasteiger partial charge is 0.240 e. The highest BCUT2D eigenvalue weighted by Gasteiger charge is 2.24. The number of nitrogens with one attached hydrogen (secondary N) is 1. The number of amides is 1. The van der Waals surface area contributed by atoms with E-state index < -0.39 is 15.9 Å². The molecule has 0 radical (unpaired) electrons. The first-order valence-corrected chi connectivity index (χ1v) is 10.1. The molecule has 0 bridgehead atoms. The molecule has 8 nitrogen and oxygen atoms in total. The Bertz CT molecular complexity index is 690. The number of rotatable bonds is 11. The lowest BCUT2D eigenvalue weighted by molar-refractivity contribution is -0.119. The van der Waals surface area contributed by atoms with Gasteiger partial charge in [0, 0.05) is 19.2 Å². The Morgan fingerprint density at radius 2 is 1.92 bits per heavy atom. The molecule has 0 aliphatic heterocycles. The lowest BCUT2D eigenvalue weighted by atomic mass is 10.2. The molecule has 0 aliphatic rings. The molecule has 0 aromatic heterocycles. The molecule has 1 amide bonds. The van der Waals surface area contributed by atoms with E-state index in [0.29, 0.717) is 31.1 Å². The highest BCUT2D eigenvalue weighted by molar-refractivity contribution is 7.92. The lowest BCUT2D eigenvalue weighted by Crippen LogP contribution is -2.41. The second-order valence-corrected chi connectivity index (χ2v) is 7.84. The average Bonchev–Trinajstić information content (AvgIpc) is 2.57. The summed E-state index contributed by atoms with van der Waals surface area (Å²) in [5.74, 6) is 0.375. The van der Waals surface area contributed by atoms with Crippen molar-refractivity contribution in [3.05, 3.63) is 18.2 Å². The summed E-state index contributed by atoms with van der Waals surface area (Å²) in [6.45, 7) is 4.44. The zero-order valence-corrected chi connectivity index (χ0v) is 16.8. The van der Waals surface area contributed by atoms with Crippen LogP contribution in [0.2, 0.25) is 0 Å². The van der Waals surface area contributed by atoms with Crippen LogP contribution in [-0.2, 0) is 19.6 Å². The van der Waals surface area contributed by atoms with Crippen LogP contribution in [0.5, 0.6) is 11.5 Å². The quantitative estimate of drug-likeness (QED) is 0.576. The number of sulfonamides is 1. The second kappa shape index (κ2) is 10.2. The van der Waals surface area contributed by atoms with Crippen molar-refractivity contribution in [2.45, 2.75) is 26.4 Å². The Kier molecular flexibility index (Phi) is 8.67. The normalized spacial score (nSPS) is 11.3. The third kappa shape index (κ3) is 7.09. The Labute approximate surface area is 155 Å². The number of hydrogen-bond acceptors (Lipinski definition) is 6. The first kappa shape index (κ1) is 22.0. The number of carbonyl (C=O) groups excluding carboxylic acids is 1. The number of carbonyl (C=O) groups is 1. The summed E-state index contributed by atoms with van der Waals surface area (Å²) in [5, 5.41) is 2.70. The van der Waals surface area contributed by atoms with Gasteiger partial charge in [0.2, 0.25) is 15.9 Å². The fraction of sp³-hybridized carbons (Fsp3) is 0.588. The minimum Gasteiger partial charge on any atom is -0.497 e. The SMILES string of the molecule is COc1ccc(OC)c(N(CC(=O)NCCCOC(C)C)S(C)(=O)=O)c1. The van der Waals surface area contributed by atoms with E-state index in [9.17, 15) is 13.2 Å². The second-order valence-electron chi connectivity index (χ2n) is 5.93. The molecule has 0 unspecified atom stereocenters. The van der Waals surface area contributed by atoms with Crippen LogP contribution < -0.4 is 19.1 Å². The third-order valence-corrected chi connectivity index (χ3v) is 4.56. The van der Waals surface area contributed by atoms with Crippen LogP contribution >= 0.6 is 0 Å². The molecule has 1 rings (SSSR count). The van der Waals surface area contributed by atoms with Crippen molar-refractivity contribution in [3.8, 4) is 11.5 Å². The van der Waals surface area contributed by atoms with Crippen molar-refractivity contribution in [1.29, 1.82) is 0 Å². The van der Waals surface area contributed by atoms with E-state index in [4.69, 9.17) is 14.2 Å². The monoisotopic (exact) mass is 388 g/mol. The van der Waals surface area contributed by atoms with Gasteiger partial charge in [-0.1, -0.05) is 0 Å². The van der Waals surface area contributed by atoms with Crippen molar-refractivity contribution in [2.24, 2.45) is 0 Å². The van der Waals surface area contributed by atoms with Crippen LogP contribution in [0.25, 0.3) is 0 Å².